The molecule has 0 aromatic heterocycles. The summed E-state index contributed by atoms with van der Waals surface area (Å²) in [4.78, 5) is 11.9. The van der Waals surface area contributed by atoms with Crippen LogP contribution in [0.5, 0.6) is 0 Å². The van der Waals surface area contributed by atoms with Crippen molar-refractivity contribution in [3.8, 4) is 0 Å². The first-order valence-corrected chi connectivity index (χ1v) is 9.29. The molecule has 12 heteroatoms. The van der Waals surface area contributed by atoms with E-state index in [0.717, 1.165) is 0 Å². The molecule has 126 valence electrons. The summed E-state index contributed by atoms with van der Waals surface area (Å²) in [6.45, 7) is -1.83. The molecule has 2 aliphatic carbocycles. The van der Waals surface area contributed by atoms with Crippen LogP contribution in [0.2, 0.25) is 0 Å². The molecule has 1 heterocycles. The van der Waals surface area contributed by atoms with Gasteiger partial charge >= 0.3 is 21.3 Å². The van der Waals surface area contributed by atoms with Crippen LogP contribution in [0.25, 0.3) is 0 Å². The van der Waals surface area contributed by atoms with E-state index < -0.39 is 55.3 Å². The number of ether oxygens (including phenoxy) is 1. The summed E-state index contributed by atoms with van der Waals surface area (Å²) in [5, 5.41) is -5.29. The van der Waals surface area contributed by atoms with Crippen molar-refractivity contribution in [1.82, 2.24) is 0 Å². The fourth-order valence-electron chi connectivity index (χ4n) is 3.59. The molecule has 2 saturated carbocycles. The number of esters is 1. The van der Waals surface area contributed by atoms with Gasteiger partial charge in [-0.05, 0) is 18.8 Å². The molecule has 0 spiro atoms. The minimum Gasteiger partial charge on any atom is -0.458 e. The van der Waals surface area contributed by atoms with E-state index in [9.17, 15) is 30.4 Å². The fraction of sp³-hybridized carbons (Fsp3) is 0.900. The second-order valence-corrected chi connectivity index (χ2v) is 9.06. The second-order valence-electron chi connectivity index (χ2n) is 5.73. The van der Waals surface area contributed by atoms with E-state index in [0.29, 0.717) is 6.42 Å². The van der Waals surface area contributed by atoms with Gasteiger partial charge in [0.2, 0.25) is 0 Å². The highest BCUT2D eigenvalue weighted by Crippen LogP contribution is 2.57. The third-order valence-corrected chi connectivity index (χ3v) is 7.17. The molecule has 3 aliphatic rings. The van der Waals surface area contributed by atoms with Gasteiger partial charge in [0.05, 0.1) is 17.3 Å². The second kappa shape index (κ2) is 4.58. The molecule has 22 heavy (non-hydrogen) atoms. The summed E-state index contributed by atoms with van der Waals surface area (Å²) in [5.74, 6) is -2.88. The van der Waals surface area contributed by atoms with Gasteiger partial charge in [0.1, 0.15) is 0 Å². The molecule has 0 amide bonds. The molecule has 1 N–H and O–H groups in total. The van der Waals surface area contributed by atoms with Gasteiger partial charge in [-0.3, -0.25) is 13.5 Å². The van der Waals surface area contributed by atoms with Crippen molar-refractivity contribution >= 4 is 26.2 Å². The molecule has 3 fully saturated rings. The molecule has 0 aromatic rings. The van der Waals surface area contributed by atoms with Gasteiger partial charge in [-0.2, -0.15) is 25.6 Å². The van der Waals surface area contributed by atoms with Crippen LogP contribution in [0.3, 0.4) is 0 Å². The van der Waals surface area contributed by atoms with Crippen molar-refractivity contribution in [2.24, 2.45) is 17.8 Å². The van der Waals surface area contributed by atoms with E-state index in [1.54, 1.807) is 0 Å². The minimum absolute atomic E-state index is 0.192. The summed E-state index contributed by atoms with van der Waals surface area (Å²) in [5.41, 5.74) is 0. The van der Waals surface area contributed by atoms with E-state index in [2.05, 4.69) is 4.74 Å². The largest absolute Gasteiger partial charge is 0.458 e. The van der Waals surface area contributed by atoms with Crippen LogP contribution >= 0.6 is 0 Å². The van der Waals surface area contributed by atoms with Gasteiger partial charge in [-0.15, -0.1) is 0 Å². The number of fused-ring (bicyclic) bond motifs is 1. The molecule has 0 radical (unpaired) electrons. The number of rotatable bonds is 4. The number of halogens is 2. The number of carbonyl (C=O) groups is 1. The molecular formula is C10H12F2O8S2. The highest BCUT2D eigenvalue weighted by molar-refractivity contribution is 7.87. The Morgan fingerprint density at radius 3 is 2.59 bits per heavy atom. The van der Waals surface area contributed by atoms with E-state index in [1.807, 2.05) is 0 Å². The van der Waals surface area contributed by atoms with Gasteiger partial charge < -0.3 is 4.74 Å². The first-order valence-electron chi connectivity index (χ1n) is 6.37. The highest BCUT2D eigenvalue weighted by atomic mass is 32.2. The number of hydrogen-bond donors (Lipinski definition) is 1. The van der Waals surface area contributed by atoms with Crippen molar-refractivity contribution < 1.29 is 43.9 Å². The number of hydrogen-bond acceptors (Lipinski definition) is 7. The smallest absolute Gasteiger partial charge is 0.402 e. The van der Waals surface area contributed by atoms with Crippen molar-refractivity contribution in [3.05, 3.63) is 0 Å². The van der Waals surface area contributed by atoms with Gasteiger partial charge in [-0.1, -0.05) is 0 Å². The van der Waals surface area contributed by atoms with Crippen LogP contribution in [-0.4, -0.2) is 50.6 Å². The average molecular weight is 362 g/mol. The zero-order valence-electron chi connectivity index (χ0n) is 10.9. The van der Waals surface area contributed by atoms with Crippen LogP contribution in [0.4, 0.5) is 8.78 Å². The molecule has 1 aliphatic heterocycles. The molecule has 5 atom stereocenters. The highest BCUT2D eigenvalue weighted by Gasteiger charge is 2.66. The maximum Gasteiger partial charge on any atom is 0.402 e. The third kappa shape index (κ3) is 2.23. The third-order valence-electron chi connectivity index (χ3n) is 4.52. The lowest BCUT2D eigenvalue weighted by Gasteiger charge is -2.23. The Hall–Kier alpha value is -0.850. The van der Waals surface area contributed by atoms with Crippen molar-refractivity contribution in [3.63, 3.8) is 0 Å². The van der Waals surface area contributed by atoms with Crippen LogP contribution in [0, 0.1) is 17.8 Å². The predicted molar refractivity (Wildman–Crippen MR) is 64.7 cm³/mol. The predicted octanol–water partition coefficient (Wildman–Crippen LogP) is -0.237. The standard InChI is InChI=1S/C10H12F2O8S2/c11-10(12,22(16,17)18)3-19-9(13)7-4-1-5-6(2-4)21(14,15)20-8(5)7/h4-8H,1-3H2,(H,16,17,18). The first kappa shape index (κ1) is 16.0. The Labute approximate surface area is 124 Å². The molecule has 8 nitrogen and oxygen atoms in total. The topological polar surface area (TPSA) is 124 Å². The minimum atomic E-state index is -5.70. The molecule has 3 rings (SSSR count). The monoisotopic (exact) mass is 362 g/mol. The Bertz CT molecular complexity index is 715. The summed E-state index contributed by atoms with van der Waals surface area (Å²) in [6, 6.07) is 0. The zero-order valence-corrected chi connectivity index (χ0v) is 12.5. The average Bonchev–Trinajstić information content (AvgIpc) is 2.95. The Morgan fingerprint density at radius 1 is 1.36 bits per heavy atom. The summed E-state index contributed by atoms with van der Waals surface area (Å²) in [7, 11) is -9.46. The van der Waals surface area contributed by atoms with Crippen molar-refractivity contribution in [2.75, 3.05) is 6.61 Å². The van der Waals surface area contributed by atoms with E-state index in [-0.39, 0.29) is 18.3 Å². The van der Waals surface area contributed by atoms with Crippen LogP contribution in [0.15, 0.2) is 0 Å². The van der Waals surface area contributed by atoms with E-state index in [4.69, 9.17) is 8.74 Å². The Kier molecular flexibility index (Phi) is 3.34. The number of alkyl halides is 2. The maximum atomic E-state index is 13.0. The lowest BCUT2D eigenvalue weighted by atomic mass is 9.86. The molecule has 2 bridgehead atoms. The van der Waals surface area contributed by atoms with Gasteiger partial charge in [-0.25, -0.2) is 0 Å². The Morgan fingerprint density at radius 2 is 2.00 bits per heavy atom. The maximum absolute atomic E-state index is 13.0. The quantitative estimate of drug-likeness (QED) is 0.413. The fourth-order valence-corrected chi connectivity index (χ4v) is 5.69. The molecule has 5 unspecified atom stereocenters. The summed E-state index contributed by atoms with van der Waals surface area (Å²) >= 11 is 0. The van der Waals surface area contributed by atoms with E-state index >= 15 is 0 Å². The summed E-state index contributed by atoms with van der Waals surface area (Å²) < 4.78 is 87.8. The lowest BCUT2D eigenvalue weighted by molar-refractivity contribution is -0.159. The van der Waals surface area contributed by atoms with Gasteiger partial charge in [0.15, 0.2) is 6.61 Å². The number of carbonyl (C=O) groups excluding carboxylic acids is 1. The zero-order chi connectivity index (χ0) is 16.5. The molecule has 1 saturated heterocycles. The first-order chi connectivity index (χ1) is 9.94. The van der Waals surface area contributed by atoms with Crippen molar-refractivity contribution in [1.29, 1.82) is 0 Å². The van der Waals surface area contributed by atoms with Crippen LogP contribution in [-0.2, 0) is 34.0 Å². The Balaban J connectivity index is 1.71. The molecular weight excluding hydrogens is 350 g/mol. The molecule has 0 aromatic carbocycles. The van der Waals surface area contributed by atoms with Crippen molar-refractivity contribution in [2.45, 2.75) is 29.5 Å². The lowest BCUT2D eigenvalue weighted by Crippen LogP contribution is -2.39. The van der Waals surface area contributed by atoms with Gasteiger partial charge in [0, 0.05) is 5.92 Å². The summed E-state index contributed by atoms with van der Waals surface area (Å²) in [6.07, 6.45) is -0.332. The van der Waals surface area contributed by atoms with Crippen LogP contribution < -0.4 is 0 Å². The van der Waals surface area contributed by atoms with Crippen LogP contribution in [0.1, 0.15) is 12.8 Å². The van der Waals surface area contributed by atoms with Gasteiger partial charge in [0.25, 0.3) is 10.1 Å². The SMILES string of the molecule is O=C(OCC(F)(F)S(=O)(=O)O)C1C2CC3C1OS(=O)(=O)C3C2. The normalized spacial score (nSPS) is 39.1. The van der Waals surface area contributed by atoms with E-state index in [1.165, 1.54) is 0 Å².